The molecule has 0 spiro atoms. The smallest absolute Gasteiger partial charge is 0.306 e. The lowest BCUT2D eigenvalue weighted by Crippen LogP contribution is -2.66. The van der Waals surface area contributed by atoms with Gasteiger partial charge in [-0.15, -0.1) is 0 Å². The van der Waals surface area contributed by atoms with Gasteiger partial charge in [-0.1, -0.05) is 115 Å². The number of Topliss-reactive ketones (excluding diaryl/α,β-unsaturated/α-hetero) is 1. The zero-order chi connectivity index (χ0) is 30.4. The predicted octanol–water partition coefficient (Wildman–Crippen LogP) is 8.01. The average molecular weight is 591 g/mol. The molecule has 0 radical (unpaired) electrons. The second-order valence-corrected chi connectivity index (χ2v) is 19.0. The maximum Gasteiger partial charge on any atom is 0.306 e. The van der Waals surface area contributed by atoms with Gasteiger partial charge < -0.3 is 9.16 Å². The zero-order valence-corrected chi connectivity index (χ0v) is 28.0. The van der Waals surface area contributed by atoms with Gasteiger partial charge in [0.25, 0.3) is 8.32 Å². The largest absolute Gasteiger partial charge is 0.462 e. The van der Waals surface area contributed by atoms with Crippen molar-refractivity contribution in [2.45, 2.75) is 123 Å². The maximum atomic E-state index is 12.5. The number of ether oxygens (including phenoxy) is 1. The molecule has 2 aliphatic carbocycles. The fourth-order valence-electron chi connectivity index (χ4n) is 7.85. The molecule has 0 amide bonds. The van der Waals surface area contributed by atoms with Crippen LogP contribution in [0.25, 0.3) is 0 Å². The summed E-state index contributed by atoms with van der Waals surface area (Å²) in [6, 6.07) is 21.6. The predicted molar refractivity (Wildman–Crippen MR) is 175 cm³/mol. The van der Waals surface area contributed by atoms with E-state index in [0.29, 0.717) is 31.6 Å². The Labute approximate surface area is 256 Å². The lowest BCUT2D eigenvalue weighted by atomic mass is 9.70. The molecule has 5 heteroatoms. The molecular formula is C37H54O4Si. The molecule has 2 aliphatic rings. The lowest BCUT2D eigenvalue weighted by molar-refractivity contribution is -0.157. The molecule has 0 N–H and O–H groups in total. The number of carbonyl (C=O) groups is 2. The lowest BCUT2D eigenvalue weighted by Gasteiger charge is -2.43. The molecular weight excluding hydrogens is 536 g/mol. The van der Waals surface area contributed by atoms with Gasteiger partial charge in [0.2, 0.25) is 0 Å². The summed E-state index contributed by atoms with van der Waals surface area (Å²) < 4.78 is 12.9. The summed E-state index contributed by atoms with van der Waals surface area (Å²) in [6.45, 7) is 14.6. The molecule has 4 nitrogen and oxygen atoms in total. The molecule has 42 heavy (non-hydrogen) atoms. The molecule has 230 valence electrons. The van der Waals surface area contributed by atoms with Gasteiger partial charge in [-0.05, 0) is 65.3 Å². The number of benzene rings is 2. The van der Waals surface area contributed by atoms with E-state index in [1.165, 1.54) is 16.8 Å². The van der Waals surface area contributed by atoms with Crippen LogP contribution in [-0.4, -0.2) is 32.8 Å². The van der Waals surface area contributed by atoms with E-state index in [2.05, 4.69) is 102 Å². The van der Waals surface area contributed by atoms with Gasteiger partial charge in [0, 0.05) is 31.3 Å². The average Bonchev–Trinajstić information content (AvgIpc) is 3.28. The van der Waals surface area contributed by atoms with Crippen LogP contribution in [0.4, 0.5) is 0 Å². The highest BCUT2D eigenvalue weighted by atomic mass is 28.4. The minimum atomic E-state index is -2.48. The summed E-state index contributed by atoms with van der Waals surface area (Å²) in [5.74, 6) is 0.793. The van der Waals surface area contributed by atoms with E-state index in [1.54, 1.807) is 0 Å². The number of fused-ring (bicyclic) bond motifs is 2. The number of rotatable bonds is 15. The Balaban J connectivity index is 1.15. The van der Waals surface area contributed by atoms with Crippen molar-refractivity contribution in [1.82, 2.24) is 0 Å². The van der Waals surface area contributed by atoms with Crippen LogP contribution in [0.15, 0.2) is 60.7 Å². The topological polar surface area (TPSA) is 52.6 Å². The van der Waals surface area contributed by atoms with E-state index >= 15 is 0 Å². The first-order valence-corrected chi connectivity index (χ1v) is 18.3. The van der Waals surface area contributed by atoms with Crippen molar-refractivity contribution in [1.29, 1.82) is 0 Å². The fourth-order valence-corrected chi connectivity index (χ4v) is 12.5. The van der Waals surface area contributed by atoms with Gasteiger partial charge in [-0.3, -0.25) is 9.59 Å². The highest BCUT2D eigenvalue weighted by Crippen LogP contribution is 2.66. The summed E-state index contributed by atoms with van der Waals surface area (Å²) in [5.41, 5.74) is 0.329. The molecule has 0 saturated heterocycles. The van der Waals surface area contributed by atoms with Gasteiger partial charge in [0.1, 0.15) is 11.9 Å². The third-order valence-corrected chi connectivity index (χ3v) is 16.0. The molecule has 4 rings (SSSR count). The first-order valence-electron chi connectivity index (χ1n) is 16.4. The molecule has 2 fully saturated rings. The van der Waals surface area contributed by atoms with Crippen molar-refractivity contribution in [3.63, 3.8) is 0 Å². The number of ketones is 1. The third kappa shape index (κ3) is 6.78. The zero-order valence-electron chi connectivity index (χ0n) is 27.0. The van der Waals surface area contributed by atoms with Gasteiger partial charge in [-0.2, -0.15) is 0 Å². The molecule has 2 saturated carbocycles. The molecule has 0 aromatic heterocycles. The summed E-state index contributed by atoms with van der Waals surface area (Å²) >= 11 is 0. The van der Waals surface area contributed by atoms with E-state index < -0.39 is 8.32 Å². The fraction of sp³-hybridized carbons (Fsp3) is 0.622. The quantitative estimate of drug-likeness (QED) is 0.120. The highest BCUT2D eigenvalue weighted by Gasteiger charge is 2.62. The van der Waals surface area contributed by atoms with Gasteiger partial charge >= 0.3 is 5.97 Å². The summed E-state index contributed by atoms with van der Waals surface area (Å²) in [5, 5.41) is 2.61. The SMILES string of the molecule is CC1(C)C2CCC1(C)C(OC(=O)CCCC(=O)CCCCCCO[Si](c1ccccc1)(c1ccccc1)C(C)(C)C)C2. The molecule has 2 aromatic rings. The Morgan fingerprint density at radius 1 is 0.810 bits per heavy atom. The van der Waals surface area contributed by atoms with E-state index in [1.807, 2.05) is 0 Å². The van der Waals surface area contributed by atoms with Crippen LogP contribution in [0.1, 0.15) is 112 Å². The maximum absolute atomic E-state index is 12.5. The van der Waals surface area contributed by atoms with Crippen molar-refractivity contribution in [3.05, 3.63) is 60.7 Å². The molecule has 2 bridgehead atoms. The first kappa shape index (κ1) is 32.7. The van der Waals surface area contributed by atoms with Crippen LogP contribution in [0.5, 0.6) is 0 Å². The van der Waals surface area contributed by atoms with Crippen LogP contribution in [-0.2, 0) is 18.8 Å². The van der Waals surface area contributed by atoms with Crippen LogP contribution in [0, 0.1) is 16.7 Å². The van der Waals surface area contributed by atoms with Crippen molar-refractivity contribution in [2.75, 3.05) is 6.61 Å². The Morgan fingerprint density at radius 3 is 1.90 bits per heavy atom. The van der Waals surface area contributed by atoms with Crippen molar-refractivity contribution < 1.29 is 18.8 Å². The summed E-state index contributed by atoms with van der Waals surface area (Å²) in [6.07, 6.45) is 9.41. The van der Waals surface area contributed by atoms with E-state index in [4.69, 9.17) is 9.16 Å². The molecule has 2 aromatic carbocycles. The van der Waals surface area contributed by atoms with E-state index in [9.17, 15) is 9.59 Å². The number of unbranched alkanes of at least 4 members (excludes halogenated alkanes) is 3. The molecule has 0 heterocycles. The monoisotopic (exact) mass is 590 g/mol. The van der Waals surface area contributed by atoms with Crippen molar-refractivity contribution in [3.8, 4) is 0 Å². The number of carbonyl (C=O) groups excluding carboxylic acids is 2. The second-order valence-electron chi connectivity index (χ2n) is 14.7. The first-order chi connectivity index (χ1) is 19.9. The summed E-state index contributed by atoms with van der Waals surface area (Å²) in [7, 11) is -2.48. The third-order valence-electron chi connectivity index (χ3n) is 10.9. The molecule has 0 aliphatic heterocycles. The van der Waals surface area contributed by atoms with Gasteiger partial charge in [0.05, 0.1) is 0 Å². The van der Waals surface area contributed by atoms with Gasteiger partial charge in [-0.25, -0.2) is 0 Å². The van der Waals surface area contributed by atoms with E-state index in [0.717, 1.165) is 45.1 Å². The minimum Gasteiger partial charge on any atom is -0.462 e. The Morgan fingerprint density at radius 2 is 1.38 bits per heavy atom. The Hall–Kier alpha value is -2.24. The minimum absolute atomic E-state index is 0.0141. The second kappa shape index (κ2) is 13.6. The molecule has 3 unspecified atom stereocenters. The van der Waals surface area contributed by atoms with Crippen molar-refractivity contribution >= 4 is 30.4 Å². The van der Waals surface area contributed by atoms with E-state index in [-0.39, 0.29) is 33.7 Å². The Bertz CT molecular complexity index is 1130. The van der Waals surface area contributed by atoms with Crippen LogP contribution in [0.2, 0.25) is 5.04 Å². The molecule has 3 atom stereocenters. The Kier molecular flexibility index (Phi) is 10.6. The van der Waals surface area contributed by atoms with Crippen LogP contribution in [0.3, 0.4) is 0 Å². The van der Waals surface area contributed by atoms with Crippen LogP contribution >= 0.6 is 0 Å². The van der Waals surface area contributed by atoms with Crippen LogP contribution < -0.4 is 10.4 Å². The number of hydrogen-bond acceptors (Lipinski definition) is 4. The number of esters is 1. The van der Waals surface area contributed by atoms with Gasteiger partial charge in [0.15, 0.2) is 0 Å². The standard InChI is InChI=1S/C37H54O4Si/c1-35(2,3)42(31-20-12-9-13-21-31,32-22-14-10-15-23-32)40-27-16-8-7-11-18-30(38)19-17-24-34(39)41-33-28-29-25-26-37(33,6)36(29,4)5/h9-10,12-15,20-23,29,33H,7-8,11,16-19,24-28H2,1-6H3. The number of hydrogen-bond donors (Lipinski definition) is 0. The summed E-state index contributed by atoms with van der Waals surface area (Å²) in [4.78, 5) is 25.0. The normalized spacial score (nSPS) is 23.2. The highest BCUT2D eigenvalue weighted by molar-refractivity contribution is 6.99. The van der Waals surface area contributed by atoms with Crippen molar-refractivity contribution in [2.24, 2.45) is 16.7 Å².